The highest BCUT2D eigenvalue weighted by atomic mass is 32.1. The zero-order valence-electron chi connectivity index (χ0n) is 17.0. The van der Waals surface area contributed by atoms with Crippen molar-refractivity contribution in [1.82, 2.24) is 19.3 Å². The average Bonchev–Trinajstić information content (AvgIpc) is 3.11. The number of para-hydroxylation sites is 1. The minimum atomic E-state index is 0.651. The van der Waals surface area contributed by atoms with Gasteiger partial charge in [0, 0.05) is 29.2 Å². The summed E-state index contributed by atoms with van der Waals surface area (Å²) in [5.74, 6) is 1.65. The second-order valence-electron chi connectivity index (χ2n) is 7.16. The molecule has 1 atom stereocenters. The number of nitrogens with zero attached hydrogens (tertiary/aromatic N) is 4. The molecule has 0 saturated carbocycles. The number of aromatic nitrogens is 4. The molecule has 1 unspecified atom stereocenters. The highest BCUT2D eigenvalue weighted by molar-refractivity contribution is 7.71. The van der Waals surface area contributed by atoms with Crippen molar-refractivity contribution in [3.8, 4) is 22.8 Å². The maximum Gasteiger partial charge on any atom is 0.207 e. The van der Waals surface area contributed by atoms with Crippen LogP contribution in [-0.4, -0.2) is 33.5 Å². The lowest BCUT2D eigenvalue weighted by Crippen LogP contribution is -3.07. The van der Waals surface area contributed by atoms with Crippen molar-refractivity contribution in [2.24, 2.45) is 0 Å². The fourth-order valence-electron chi connectivity index (χ4n) is 3.41. The number of benzene rings is 2. The van der Waals surface area contributed by atoms with Gasteiger partial charge in [-0.3, -0.25) is 9.55 Å². The van der Waals surface area contributed by atoms with Crippen LogP contribution < -0.4 is 9.64 Å². The van der Waals surface area contributed by atoms with E-state index >= 15 is 0 Å². The third-order valence-corrected chi connectivity index (χ3v) is 5.25. The summed E-state index contributed by atoms with van der Waals surface area (Å²) in [4.78, 5) is 5.52. The number of ether oxygens (including phenoxy) is 1. The Labute approximate surface area is 181 Å². The average molecular weight is 419 g/mol. The van der Waals surface area contributed by atoms with E-state index in [1.54, 1.807) is 13.3 Å². The van der Waals surface area contributed by atoms with Crippen LogP contribution >= 0.6 is 12.2 Å². The minimum absolute atomic E-state index is 0.651. The highest BCUT2D eigenvalue weighted by Crippen LogP contribution is 2.21. The van der Waals surface area contributed by atoms with Crippen molar-refractivity contribution in [1.29, 1.82) is 0 Å². The quantitative estimate of drug-likeness (QED) is 0.469. The van der Waals surface area contributed by atoms with Crippen molar-refractivity contribution in [3.05, 3.63) is 89.5 Å². The van der Waals surface area contributed by atoms with E-state index in [1.807, 2.05) is 70.0 Å². The van der Waals surface area contributed by atoms with Crippen molar-refractivity contribution < 1.29 is 9.64 Å². The Morgan fingerprint density at radius 1 is 1.00 bits per heavy atom. The first-order valence-corrected chi connectivity index (χ1v) is 10.2. The first kappa shape index (κ1) is 20.0. The molecular weight excluding hydrogens is 394 g/mol. The molecule has 7 heteroatoms. The first-order valence-electron chi connectivity index (χ1n) is 9.75. The molecule has 0 fully saturated rings. The highest BCUT2D eigenvalue weighted by Gasteiger charge is 2.17. The topological polar surface area (TPSA) is 49.3 Å². The Bertz CT molecular complexity index is 1150. The Morgan fingerprint density at radius 2 is 1.77 bits per heavy atom. The van der Waals surface area contributed by atoms with Gasteiger partial charge in [0.2, 0.25) is 4.77 Å². The zero-order valence-corrected chi connectivity index (χ0v) is 17.8. The lowest BCUT2D eigenvalue weighted by molar-refractivity contribution is -0.917. The third-order valence-electron chi connectivity index (χ3n) is 4.86. The van der Waals surface area contributed by atoms with E-state index in [1.165, 1.54) is 10.5 Å². The normalized spacial score (nSPS) is 11.9. The van der Waals surface area contributed by atoms with Crippen LogP contribution in [0.5, 0.6) is 5.75 Å². The lowest BCUT2D eigenvalue weighted by Gasteiger charge is -2.14. The van der Waals surface area contributed by atoms with Gasteiger partial charge >= 0.3 is 0 Å². The van der Waals surface area contributed by atoms with Crippen LogP contribution in [0.4, 0.5) is 0 Å². The number of hydrogen-bond acceptors (Lipinski definition) is 4. The number of quaternary nitrogens is 1. The van der Waals surface area contributed by atoms with Crippen molar-refractivity contribution in [3.63, 3.8) is 0 Å². The maximum atomic E-state index is 5.82. The van der Waals surface area contributed by atoms with Gasteiger partial charge in [0.1, 0.15) is 12.3 Å². The van der Waals surface area contributed by atoms with Gasteiger partial charge in [-0.15, -0.1) is 5.10 Å². The van der Waals surface area contributed by atoms with Crippen molar-refractivity contribution in [2.75, 3.05) is 14.2 Å². The van der Waals surface area contributed by atoms with Gasteiger partial charge < -0.3 is 9.64 Å². The number of hydrogen-bond donors (Lipinski definition) is 1. The Hall–Kier alpha value is -3.29. The van der Waals surface area contributed by atoms with Crippen LogP contribution in [0, 0.1) is 4.77 Å². The van der Waals surface area contributed by atoms with Gasteiger partial charge in [-0.05, 0) is 60.7 Å². The molecular formula is C23H24N5OS+. The Kier molecular flexibility index (Phi) is 6.02. The summed E-state index contributed by atoms with van der Waals surface area (Å²) in [5, 5.41) is 4.86. The first-order chi connectivity index (χ1) is 14.7. The number of nitrogens with one attached hydrogen (secondary N) is 1. The summed E-state index contributed by atoms with van der Waals surface area (Å²) >= 11 is 5.82. The van der Waals surface area contributed by atoms with Gasteiger partial charge in [-0.2, -0.15) is 4.68 Å². The van der Waals surface area contributed by atoms with Gasteiger partial charge in [0.15, 0.2) is 12.5 Å². The molecule has 0 amide bonds. The molecule has 152 valence electrons. The second-order valence-corrected chi connectivity index (χ2v) is 7.52. The largest absolute Gasteiger partial charge is 0.497 e. The third kappa shape index (κ3) is 4.32. The molecule has 0 radical (unpaired) electrons. The molecule has 1 N–H and O–H groups in total. The van der Waals surface area contributed by atoms with E-state index in [-0.39, 0.29) is 0 Å². The van der Waals surface area contributed by atoms with Crippen molar-refractivity contribution >= 4 is 12.2 Å². The fraction of sp³-hybridized carbons (Fsp3) is 0.174. The van der Waals surface area contributed by atoms with Gasteiger partial charge in [0.05, 0.1) is 14.2 Å². The number of rotatable bonds is 7. The Morgan fingerprint density at radius 3 is 2.43 bits per heavy atom. The SMILES string of the molecule is COc1ccc(C[NH+](C)Cn2nc(-c3cccnc3)n(-c3ccccc3)c2=S)cc1. The molecule has 0 saturated heterocycles. The van der Waals surface area contributed by atoms with Crippen LogP contribution in [0.1, 0.15) is 5.56 Å². The number of pyridine rings is 1. The van der Waals surface area contributed by atoms with Crippen LogP contribution in [0.2, 0.25) is 0 Å². The predicted molar refractivity (Wildman–Crippen MR) is 119 cm³/mol. The maximum absolute atomic E-state index is 5.82. The van der Waals surface area contributed by atoms with E-state index in [9.17, 15) is 0 Å². The van der Waals surface area contributed by atoms with Crippen LogP contribution in [-0.2, 0) is 13.2 Å². The van der Waals surface area contributed by atoms with Gasteiger partial charge in [0.25, 0.3) is 0 Å². The fourth-order valence-corrected chi connectivity index (χ4v) is 3.70. The van der Waals surface area contributed by atoms with E-state index in [0.29, 0.717) is 11.4 Å². The summed E-state index contributed by atoms with van der Waals surface area (Å²) in [6, 6.07) is 22.1. The monoisotopic (exact) mass is 418 g/mol. The molecule has 4 aromatic rings. The lowest BCUT2D eigenvalue weighted by atomic mass is 10.2. The van der Waals surface area contributed by atoms with E-state index in [4.69, 9.17) is 22.1 Å². The molecule has 0 aliphatic carbocycles. The molecule has 0 spiro atoms. The molecule has 0 aliphatic heterocycles. The van der Waals surface area contributed by atoms with E-state index in [0.717, 1.165) is 29.4 Å². The zero-order chi connectivity index (χ0) is 20.9. The number of methoxy groups -OCH3 is 1. The minimum Gasteiger partial charge on any atom is -0.497 e. The molecule has 4 rings (SSSR count). The summed E-state index contributed by atoms with van der Waals surface area (Å²) in [6.45, 7) is 1.50. The molecule has 2 heterocycles. The molecule has 30 heavy (non-hydrogen) atoms. The molecule has 2 aromatic heterocycles. The second kappa shape index (κ2) is 9.02. The molecule has 0 bridgehead atoms. The summed E-state index contributed by atoms with van der Waals surface area (Å²) in [7, 11) is 3.81. The van der Waals surface area contributed by atoms with E-state index in [2.05, 4.69) is 24.2 Å². The van der Waals surface area contributed by atoms with Gasteiger partial charge in [-0.1, -0.05) is 18.2 Å². The summed E-state index contributed by atoms with van der Waals surface area (Å²) < 4.78 is 9.80. The Balaban J connectivity index is 1.65. The molecule has 2 aromatic carbocycles. The van der Waals surface area contributed by atoms with Gasteiger partial charge in [-0.25, -0.2) is 0 Å². The molecule has 6 nitrogen and oxygen atoms in total. The standard InChI is InChI=1S/C23H23N5OS/c1-26(16-18-10-12-21(29-2)13-11-18)17-27-23(30)28(20-8-4-3-5-9-20)22(25-27)19-7-6-14-24-15-19/h3-15H,16-17H2,1-2H3/p+1. The van der Waals surface area contributed by atoms with Crippen LogP contribution in [0.15, 0.2) is 79.1 Å². The van der Waals surface area contributed by atoms with E-state index < -0.39 is 0 Å². The van der Waals surface area contributed by atoms with Crippen molar-refractivity contribution in [2.45, 2.75) is 13.2 Å². The van der Waals surface area contributed by atoms with Crippen LogP contribution in [0.25, 0.3) is 17.1 Å². The summed E-state index contributed by atoms with van der Waals surface area (Å²) in [5.41, 5.74) is 3.15. The predicted octanol–water partition coefficient (Wildman–Crippen LogP) is 3.15. The smallest absolute Gasteiger partial charge is 0.207 e. The molecule has 0 aliphatic rings. The summed E-state index contributed by atoms with van der Waals surface area (Å²) in [6.07, 6.45) is 3.57. The van der Waals surface area contributed by atoms with Crippen LogP contribution in [0.3, 0.4) is 0 Å².